The fourth-order valence-corrected chi connectivity index (χ4v) is 2.45. The zero-order chi connectivity index (χ0) is 14.4. The molecule has 0 bridgehead atoms. The number of thiophene rings is 1. The normalized spacial score (nSPS) is 11.7. The van der Waals surface area contributed by atoms with Gasteiger partial charge in [-0.05, 0) is 26.0 Å². The van der Waals surface area contributed by atoms with Crippen LogP contribution in [0.4, 0.5) is 4.79 Å². The van der Waals surface area contributed by atoms with Crippen LogP contribution in [0.2, 0.25) is 0 Å². The van der Waals surface area contributed by atoms with E-state index in [0.717, 1.165) is 4.88 Å². The number of carbonyl (C=O) groups excluding carboxylic acids is 1. The Bertz CT molecular complexity index is 470. The molecule has 1 aromatic heterocycles. The molecule has 0 aliphatic heterocycles. The maximum Gasteiger partial charge on any atom is 0.323 e. The summed E-state index contributed by atoms with van der Waals surface area (Å²) in [6, 6.07) is 3.40. The third-order valence-electron chi connectivity index (χ3n) is 2.49. The molecule has 0 saturated carbocycles. The summed E-state index contributed by atoms with van der Waals surface area (Å²) < 4.78 is 0. The lowest BCUT2D eigenvalue weighted by molar-refractivity contribution is -0.137. The number of aliphatic carboxylic acids is 1. The van der Waals surface area contributed by atoms with E-state index >= 15 is 0 Å². The van der Waals surface area contributed by atoms with Crippen LogP contribution in [0.5, 0.6) is 0 Å². The van der Waals surface area contributed by atoms with Gasteiger partial charge >= 0.3 is 12.0 Å². The molecule has 19 heavy (non-hydrogen) atoms. The summed E-state index contributed by atoms with van der Waals surface area (Å²) in [6.45, 7) is 7.25. The van der Waals surface area contributed by atoms with Crippen LogP contribution in [0.3, 0.4) is 0 Å². The van der Waals surface area contributed by atoms with E-state index in [1.807, 2.05) is 26.0 Å². The molecule has 104 valence electrons. The maximum absolute atomic E-state index is 12.0. The highest BCUT2D eigenvalue weighted by molar-refractivity contribution is 7.12. The minimum Gasteiger partial charge on any atom is -0.480 e. The van der Waals surface area contributed by atoms with E-state index < -0.39 is 12.0 Å². The summed E-state index contributed by atoms with van der Waals surface area (Å²) in [5.41, 5.74) is 0. The van der Waals surface area contributed by atoms with Crippen molar-refractivity contribution < 1.29 is 14.7 Å². The zero-order valence-corrected chi connectivity index (χ0v) is 11.9. The Labute approximate surface area is 116 Å². The number of hydrogen-bond donors (Lipinski definition) is 2. The van der Waals surface area contributed by atoms with Crippen molar-refractivity contribution in [2.45, 2.75) is 19.9 Å². The average molecular weight is 282 g/mol. The molecule has 1 heterocycles. The molecule has 0 aromatic carbocycles. The first-order valence-electron chi connectivity index (χ1n) is 5.88. The lowest BCUT2D eigenvalue weighted by Gasteiger charge is -2.22. The molecule has 0 fully saturated rings. The summed E-state index contributed by atoms with van der Waals surface area (Å²) in [5, 5.41) is 11.5. The third-order valence-corrected chi connectivity index (χ3v) is 3.67. The van der Waals surface area contributed by atoms with Crippen molar-refractivity contribution in [3.63, 3.8) is 0 Å². The largest absolute Gasteiger partial charge is 0.480 e. The van der Waals surface area contributed by atoms with Crippen molar-refractivity contribution in [1.82, 2.24) is 10.2 Å². The van der Waals surface area contributed by atoms with Crippen molar-refractivity contribution >= 4 is 23.3 Å². The molecule has 0 saturated heterocycles. The predicted octanol–water partition coefficient (Wildman–Crippen LogP) is 2.40. The lowest BCUT2D eigenvalue weighted by Crippen LogP contribution is -2.43. The van der Waals surface area contributed by atoms with E-state index in [1.54, 1.807) is 11.3 Å². The van der Waals surface area contributed by atoms with Gasteiger partial charge in [0.1, 0.15) is 6.54 Å². The fraction of sp³-hybridized carbons (Fsp3) is 0.385. The molecule has 1 unspecified atom stereocenters. The fourth-order valence-electron chi connectivity index (χ4n) is 1.57. The second-order valence-electron chi connectivity index (χ2n) is 4.18. The van der Waals surface area contributed by atoms with Crippen molar-refractivity contribution in [2.75, 3.05) is 13.1 Å². The molecule has 1 aromatic rings. The first-order chi connectivity index (χ1) is 8.93. The van der Waals surface area contributed by atoms with Crippen molar-refractivity contribution in [2.24, 2.45) is 0 Å². The van der Waals surface area contributed by atoms with Gasteiger partial charge in [0.2, 0.25) is 0 Å². The van der Waals surface area contributed by atoms with Crippen molar-refractivity contribution in [3.05, 3.63) is 34.5 Å². The molecule has 2 amide bonds. The number of carboxylic acids is 1. The summed E-state index contributed by atoms with van der Waals surface area (Å²) in [5.74, 6) is -1.04. The van der Waals surface area contributed by atoms with Crippen LogP contribution in [0.25, 0.3) is 0 Å². The van der Waals surface area contributed by atoms with Crippen molar-refractivity contribution in [3.8, 4) is 0 Å². The molecule has 1 atom stereocenters. The van der Waals surface area contributed by atoms with Crippen LogP contribution < -0.4 is 5.32 Å². The molecule has 6 heteroatoms. The second kappa shape index (κ2) is 6.94. The molecule has 0 aliphatic carbocycles. The summed E-state index contributed by atoms with van der Waals surface area (Å²) in [6.07, 6.45) is 1.50. The van der Waals surface area contributed by atoms with Gasteiger partial charge in [0.15, 0.2) is 0 Å². The number of urea groups is 1. The van der Waals surface area contributed by atoms with Crippen molar-refractivity contribution in [1.29, 1.82) is 0 Å². The van der Waals surface area contributed by atoms with E-state index in [2.05, 4.69) is 11.9 Å². The van der Waals surface area contributed by atoms with Gasteiger partial charge in [-0.15, -0.1) is 17.9 Å². The van der Waals surface area contributed by atoms with Crippen LogP contribution in [0.1, 0.15) is 22.7 Å². The minimum absolute atomic E-state index is 0.146. The van der Waals surface area contributed by atoms with E-state index in [1.165, 1.54) is 15.9 Å². The lowest BCUT2D eigenvalue weighted by atomic mass is 10.3. The number of aryl methyl sites for hydroxylation is 1. The zero-order valence-electron chi connectivity index (χ0n) is 11.0. The molecule has 5 nitrogen and oxygen atoms in total. The first-order valence-corrected chi connectivity index (χ1v) is 6.70. The van der Waals surface area contributed by atoms with Gasteiger partial charge < -0.3 is 15.3 Å². The van der Waals surface area contributed by atoms with E-state index in [4.69, 9.17) is 5.11 Å². The van der Waals surface area contributed by atoms with Gasteiger partial charge in [-0.3, -0.25) is 4.79 Å². The summed E-state index contributed by atoms with van der Waals surface area (Å²) >= 11 is 1.61. The number of rotatable bonds is 6. The second-order valence-corrected chi connectivity index (χ2v) is 5.50. The molecular formula is C13H18N2O3S. The van der Waals surface area contributed by atoms with Gasteiger partial charge in [0, 0.05) is 16.3 Å². The highest BCUT2D eigenvalue weighted by Crippen LogP contribution is 2.22. The molecular weight excluding hydrogens is 264 g/mol. The van der Waals surface area contributed by atoms with E-state index in [9.17, 15) is 9.59 Å². The van der Waals surface area contributed by atoms with Gasteiger partial charge in [0.25, 0.3) is 0 Å². The number of carboxylic acid groups (broad SMARTS) is 1. The van der Waals surface area contributed by atoms with E-state index in [0.29, 0.717) is 0 Å². The highest BCUT2D eigenvalue weighted by atomic mass is 32.1. The Morgan fingerprint density at radius 3 is 2.74 bits per heavy atom. The third kappa shape index (κ3) is 4.75. The van der Waals surface area contributed by atoms with Crippen LogP contribution in [0, 0.1) is 6.92 Å². The maximum atomic E-state index is 12.0. The summed E-state index contributed by atoms with van der Waals surface area (Å²) in [7, 11) is 0. The van der Waals surface area contributed by atoms with Crippen LogP contribution in [-0.4, -0.2) is 35.1 Å². The SMILES string of the molecule is C=CCN(CC(=O)O)C(=O)NC(C)c1ccc(C)s1. The Kier molecular flexibility index (Phi) is 5.57. The summed E-state index contributed by atoms with van der Waals surface area (Å²) in [4.78, 5) is 26.1. The molecule has 0 spiro atoms. The van der Waals surface area contributed by atoms with Crippen LogP contribution >= 0.6 is 11.3 Å². The monoisotopic (exact) mass is 282 g/mol. The Morgan fingerprint density at radius 2 is 2.26 bits per heavy atom. The number of nitrogens with one attached hydrogen (secondary N) is 1. The van der Waals surface area contributed by atoms with Gasteiger partial charge in [-0.25, -0.2) is 4.79 Å². The Morgan fingerprint density at radius 1 is 1.58 bits per heavy atom. The minimum atomic E-state index is -1.04. The number of carbonyl (C=O) groups is 2. The topological polar surface area (TPSA) is 69.6 Å². The molecule has 1 rings (SSSR count). The number of nitrogens with zero attached hydrogens (tertiary/aromatic N) is 1. The molecule has 0 aliphatic rings. The van der Waals surface area contributed by atoms with Crippen LogP contribution in [0.15, 0.2) is 24.8 Å². The standard InChI is InChI=1S/C13H18N2O3S/c1-4-7-15(8-12(16)17)13(18)14-10(3)11-6-5-9(2)19-11/h4-6,10H,1,7-8H2,2-3H3,(H,14,18)(H,16,17). The first kappa shape index (κ1) is 15.2. The van der Waals surface area contributed by atoms with Gasteiger partial charge in [0.05, 0.1) is 6.04 Å². The Hall–Kier alpha value is -1.82. The van der Waals surface area contributed by atoms with Gasteiger partial charge in [-0.1, -0.05) is 6.08 Å². The number of amides is 2. The quantitative estimate of drug-likeness (QED) is 0.787. The average Bonchev–Trinajstić information content (AvgIpc) is 2.74. The molecule has 2 N–H and O–H groups in total. The van der Waals surface area contributed by atoms with Crippen LogP contribution in [-0.2, 0) is 4.79 Å². The van der Waals surface area contributed by atoms with Gasteiger partial charge in [-0.2, -0.15) is 0 Å². The number of hydrogen-bond acceptors (Lipinski definition) is 3. The van der Waals surface area contributed by atoms with E-state index in [-0.39, 0.29) is 19.1 Å². The highest BCUT2D eigenvalue weighted by Gasteiger charge is 2.18. The predicted molar refractivity (Wildman–Crippen MR) is 75.4 cm³/mol. The smallest absolute Gasteiger partial charge is 0.323 e. The Balaban J connectivity index is 2.65. The molecule has 0 radical (unpaired) electrons.